The molecule has 1 heterocycles. The van der Waals surface area contributed by atoms with Crippen molar-refractivity contribution < 1.29 is 18.7 Å². The lowest BCUT2D eigenvalue weighted by Crippen LogP contribution is -2.21. The molecule has 5 heteroatoms. The van der Waals surface area contributed by atoms with Crippen molar-refractivity contribution in [2.75, 3.05) is 11.4 Å². The largest absolute Gasteiger partial charge is 0.475 e. The number of rotatable bonds is 5. The highest BCUT2D eigenvalue weighted by Gasteiger charge is 2.16. The molecule has 0 fully saturated rings. The number of nitrogens with zero attached hydrogens (tertiary/aromatic N) is 1. The van der Waals surface area contributed by atoms with Crippen LogP contribution in [0.2, 0.25) is 0 Å². The quantitative estimate of drug-likeness (QED) is 0.909. The van der Waals surface area contributed by atoms with Gasteiger partial charge in [-0.25, -0.2) is 9.18 Å². The first kappa shape index (κ1) is 14.1. The van der Waals surface area contributed by atoms with E-state index in [1.165, 1.54) is 12.1 Å². The van der Waals surface area contributed by atoms with Gasteiger partial charge >= 0.3 is 5.97 Å². The molecule has 0 saturated heterocycles. The fraction of sp³-hybridized carbons (Fsp3) is 0.267. The molecule has 0 radical (unpaired) electrons. The van der Waals surface area contributed by atoms with Crippen LogP contribution < -0.4 is 4.90 Å². The van der Waals surface area contributed by atoms with Crippen molar-refractivity contribution >= 4 is 11.7 Å². The number of hydrogen-bond donors (Lipinski definition) is 1. The minimum Gasteiger partial charge on any atom is -0.475 e. The Bertz CT molecular complexity index is 604. The Morgan fingerprint density at radius 1 is 1.35 bits per heavy atom. The maximum Gasteiger partial charge on any atom is 0.372 e. The summed E-state index contributed by atoms with van der Waals surface area (Å²) in [5.74, 6) is -0.813. The number of carboxylic acids is 1. The lowest BCUT2D eigenvalue weighted by Gasteiger charge is -2.21. The molecule has 0 saturated carbocycles. The number of anilines is 1. The topological polar surface area (TPSA) is 53.7 Å². The van der Waals surface area contributed by atoms with Gasteiger partial charge < -0.3 is 14.4 Å². The van der Waals surface area contributed by atoms with Crippen molar-refractivity contribution in [2.45, 2.75) is 20.4 Å². The van der Waals surface area contributed by atoms with Crippen molar-refractivity contribution in [3.8, 4) is 0 Å². The van der Waals surface area contributed by atoms with Gasteiger partial charge in [0.05, 0.1) is 6.54 Å². The molecule has 0 bridgehead atoms. The highest BCUT2D eigenvalue weighted by Crippen LogP contribution is 2.21. The SMILES string of the molecule is CCN(Cc1cc(C)c(C(=O)O)o1)c1ccc(F)cc1. The molecule has 106 valence electrons. The molecule has 0 atom stereocenters. The van der Waals surface area contributed by atoms with E-state index in [-0.39, 0.29) is 11.6 Å². The molecule has 1 aromatic carbocycles. The average molecular weight is 277 g/mol. The van der Waals surface area contributed by atoms with E-state index in [0.717, 1.165) is 5.69 Å². The number of aromatic carboxylic acids is 1. The highest BCUT2D eigenvalue weighted by atomic mass is 19.1. The van der Waals surface area contributed by atoms with Gasteiger partial charge in [0.25, 0.3) is 0 Å². The van der Waals surface area contributed by atoms with Crippen molar-refractivity contribution in [3.05, 3.63) is 53.2 Å². The van der Waals surface area contributed by atoms with Crippen molar-refractivity contribution in [1.82, 2.24) is 0 Å². The summed E-state index contributed by atoms with van der Waals surface area (Å²) in [6, 6.07) is 7.89. The molecular weight excluding hydrogens is 261 g/mol. The van der Waals surface area contributed by atoms with Crippen LogP contribution in [0.1, 0.15) is 28.8 Å². The van der Waals surface area contributed by atoms with E-state index in [2.05, 4.69) is 0 Å². The van der Waals surface area contributed by atoms with Gasteiger partial charge in [-0.2, -0.15) is 0 Å². The molecule has 4 nitrogen and oxygen atoms in total. The Morgan fingerprint density at radius 3 is 2.50 bits per heavy atom. The second-order valence-electron chi connectivity index (χ2n) is 4.52. The maximum absolute atomic E-state index is 12.9. The van der Waals surface area contributed by atoms with Crippen LogP contribution in [0.15, 0.2) is 34.7 Å². The molecule has 0 spiro atoms. The molecule has 20 heavy (non-hydrogen) atoms. The van der Waals surface area contributed by atoms with Gasteiger partial charge in [0, 0.05) is 17.8 Å². The van der Waals surface area contributed by atoms with Crippen LogP contribution in [-0.4, -0.2) is 17.6 Å². The second-order valence-corrected chi connectivity index (χ2v) is 4.52. The van der Waals surface area contributed by atoms with Gasteiger partial charge in [0.1, 0.15) is 11.6 Å². The standard InChI is InChI=1S/C15H16FNO3/c1-3-17(12-6-4-11(16)5-7-12)9-13-8-10(2)14(20-13)15(18)19/h4-8H,3,9H2,1-2H3,(H,18,19). The first-order valence-electron chi connectivity index (χ1n) is 6.34. The molecule has 0 aliphatic rings. The van der Waals surface area contributed by atoms with Gasteiger partial charge in [0.15, 0.2) is 0 Å². The Kier molecular flexibility index (Phi) is 4.08. The number of carboxylic acid groups (broad SMARTS) is 1. The van der Waals surface area contributed by atoms with Crippen LogP contribution in [-0.2, 0) is 6.54 Å². The summed E-state index contributed by atoms with van der Waals surface area (Å²) in [7, 11) is 0. The molecule has 0 aliphatic heterocycles. The van der Waals surface area contributed by atoms with E-state index in [0.29, 0.717) is 24.4 Å². The number of benzene rings is 1. The molecule has 2 rings (SSSR count). The third kappa shape index (κ3) is 2.99. The Labute approximate surface area is 116 Å². The molecule has 1 aromatic heterocycles. The molecule has 1 N–H and O–H groups in total. The summed E-state index contributed by atoms with van der Waals surface area (Å²) in [6.07, 6.45) is 0. The fourth-order valence-electron chi connectivity index (χ4n) is 2.06. The van der Waals surface area contributed by atoms with Crippen LogP contribution in [0, 0.1) is 12.7 Å². The van der Waals surface area contributed by atoms with Crippen LogP contribution in [0.3, 0.4) is 0 Å². The number of halogens is 1. The van der Waals surface area contributed by atoms with Gasteiger partial charge in [-0.3, -0.25) is 0 Å². The number of hydrogen-bond acceptors (Lipinski definition) is 3. The van der Waals surface area contributed by atoms with Gasteiger partial charge in [0.2, 0.25) is 5.76 Å². The average Bonchev–Trinajstić information content (AvgIpc) is 2.78. The Morgan fingerprint density at radius 2 is 2.00 bits per heavy atom. The minimum absolute atomic E-state index is 0.0323. The normalized spacial score (nSPS) is 10.6. The third-order valence-electron chi connectivity index (χ3n) is 3.08. The van der Waals surface area contributed by atoms with E-state index in [1.807, 2.05) is 11.8 Å². The van der Waals surface area contributed by atoms with E-state index >= 15 is 0 Å². The number of aryl methyl sites for hydroxylation is 1. The van der Waals surface area contributed by atoms with Crippen molar-refractivity contribution in [3.63, 3.8) is 0 Å². The van der Waals surface area contributed by atoms with Crippen LogP contribution in [0.5, 0.6) is 0 Å². The van der Waals surface area contributed by atoms with Gasteiger partial charge in [-0.15, -0.1) is 0 Å². The summed E-state index contributed by atoms with van der Waals surface area (Å²) in [5.41, 5.74) is 1.46. The number of carbonyl (C=O) groups is 1. The molecular formula is C15H16FNO3. The van der Waals surface area contributed by atoms with Gasteiger partial charge in [-0.1, -0.05) is 0 Å². The summed E-state index contributed by atoms with van der Waals surface area (Å²) >= 11 is 0. The summed E-state index contributed by atoms with van der Waals surface area (Å²) in [4.78, 5) is 12.9. The Balaban J connectivity index is 2.20. The van der Waals surface area contributed by atoms with E-state index in [4.69, 9.17) is 9.52 Å². The zero-order valence-corrected chi connectivity index (χ0v) is 11.4. The number of furan rings is 1. The van der Waals surface area contributed by atoms with Crippen LogP contribution in [0.4, 0.5) is 10.1 Å². The Hall–Kier alpha value is -2.30. The van der Waals surface area contributed by atoms with Crippen LogP contribution >= 0.6 is 0 Å². The first-order valence-corrected chi connectivity index (χ1v) is 6.34. The van der Waals surface area contributed by atoms with E-state index < -0.39 is 5.97 Å². The minimum atomic E-state index is -1.07. The third-order valence-corrected chi connectivity index (χ3v) is 3.08. The van der Waals surface area contributed by atoms with E-state index in [9.17, 15) is 9.18 Å². The fourth-order valence-corrected chi connectivity index (χ4v) is 2.06. The lowest BCUT2D eigenvalue weighted by atomic mass is 10.2. The highest BCUT2D eigenvalue weighted by molar-refractivity contribution is 5.86. The molecule has 0 unspecified atom stereocenters. The lowest BCUT2D eigenvalue weighted by molar-refractivity contribution is 0.0659. The first-order chi connectivity index (χ1) is 9.51. The summed E-state index contributed by atoms with van der Waals surface area (Å²) < 4.78 is 18.3. The predicted molar refractivity (Wildman–Crippen MR) is 73.5 cm³/mol. The monoisotopic (exact) mass is 277 g/mol. The van der Waals surface area contributed by atoms with Crippen molar-refractivity contribution in [1.29, 1.82) is 0 Å². The molecule has 0 amide bonds. The second kappa shape index (κ2) is 5.77. The van der Waals surface area contributed by atoms with Crippen molar-refractivity contribution in [2.24, 2.45) is 0 Å². The zero-order chi connectivity index (χ0) is 14.7. The smallest absolute Gasteiger partial charge is 0.372 e. The summed E-state index contributed by atoms with van der Waals surface area (Å²) in [6.45, 7) is 4.81. The zero-order valence-electron chi connectivity index (χ0n) is 11.4. The van der Waals surface area contributed by atoms with E-state index in [1.54, 1.807) is 25.1 Å². The maximum atomic E-state index is 12.9. The van der Waals surface area contributed by atoms with Gasteiger partial charge in [-0.05, 0) is 44.2 Å². The predicted octanol–water partition coefficient (Wildman–Crippen LogP) is 3.45. The van der Waals surface area contributed by atoms with Crippen LogP contribution in [0.25, 0.3) is 0 Å². The molecule has 0 aliphatic carbocycles. The molecule has 2 aromatic rings. The summed E-state index contributed by atoms with van der Waals surface area (Å²) in [5, 5.41) is 8.97.